The number of aryl methyl sites for hydroxylation is 1. The van der Waals surface area contributed by atoms with Gasteiger partial charge in [0.25, 0.3) is 0 Å². The molecular weight excluding hydrogens is 300 g/mol. The van der Waals surface area contributed by atoms with E-state index in [0.717, 1.165) is 18.0 Å². The molecule has 2 heterocycles. The second-order valence-electron chi connectivity index (χ2n) is 7.31. The Kier molecular flexibility index (Phi) is 6.51. The van der Waals surface area contributed by atoms with Crippen molar-refractivity contribution < 1.29 is 0 Å². The van der Waals surface area contributed by atoms with E-state index in [9.17, 15) is 0 Å². The molecule has 2 rings (SSSR count). The summed E-state index contributed by atoms with van der Waals surface area (Å²) in [5.74, 6) is 1.44. The van der Waals surface area contributed by atoms with E-state index in [1.54, 1.807) is 11.3 Å². The third-order valence-electron chi connectivity index (χ3n) is 4.66. The van der Waals surface area contributed by atoms with Crippen molar-refractivity contribution in [1.29, 1.82) is 0 Å². The molecule has 0 N–H and O–H groups in total. The molecule has 1 aromatic rings. The number of hydrogen-bond acceptors (Lipinski definition) is 3. The minimum atomic E-state index is 0.483. The van der Waals surface area contributed by atoms with E-state index < -0.39 is 0 Å². The van der Waals surface area contributed by atoms with E-state index in [1.807, 2.05) is 0 Å². The van der Waals surface area contributed by atoms with Gasteiger partial charge in [-0.05, 0) is 63.1 Å². The van der Waals surface area contributed by atoms with Crippen molar-refractivity contribution in [2.24, 2.45) is 11.3 Å². The first kappa shape index (κ1) is 17.2. The van der Waals surface area contributed by atoms with Gasteiger partial charge in [-0.1, -0.05) is 20.8 Å². The van der Waals surface area contributed by atoms with Crippen LogP contribution in [0.1, 0.15) is 57.2 Å². The van der Waals surface area contributed by atoms with Gasteiger partial charge in [-0.3, -0.25) is 0 Å². The second kappa shape index (κ2) is 7.94. The molecule has 1 aliphatic heterocycles. The van der Waals surface area contributed by atoms with Crippen LogP contribution in [0.4, 0.5) is 0 Å². The van der Waals surface area contributed by atoms with Crippen LogP contribution < -0.4 is 0 Å². The highest BCUT2D eigenvalue weighted by Gasteiger charge is 2.28. The van der Waals surface area contributed by atoms with Gasteiger partial charge in [0.15, 0.2) is 0 Å². The summed E-state index contributed by atoms with van der Waals surface area (Å²) in [5, 5.41) is 3.33. The molecule has 2 nitrogen and oxygen atoms in total. The lowest BCUT2D eigenvalue weighted by Crippen LogP contribution is -2.38. The van der Waals surface area contributed by atoms with E-state index in [-0.39, 0.29) is 0 Å². The molecule has 0 atom stereocenters. The molecule has 0 unspecified atom stereocenters. The van der Waals surface area contributed by atoms with Gasteiger partial charge in [-0.2, -0.15) is 0 Å². The number of hydrogen-bond donors (Lipinski definition) is 0. The zero-order valence-electron chi connectivity index (χ0n) is 13.7. The fraction of sp³-hybridized carbons (Fsp3) is 0.824. The predicted molar refractivity (Wildman–Crippen MR) is 93.2 cm³/mol. The molecule has 0 aromatic carbocycles. The number of unbranched alkanes of at least 4 members (excludes halogenated alkanes) is 1. The molecule has 1 aliphatic rings. The van der Waals surface area contributed by atoms with Crippen molar-refractivity contribution >= 4 is 22.9 Å². The van der Waals surface area contributed by atoms with E-state index in [0.29, 0.717) is 11.3 Å². The van der Waals surface area contributed by atoms with Crippen molar-refractivity contribution in [3.05, 3.63) is 16.1 Å². The predicted octanol–water partition coefficient (Wildman–Crippen LogP) is 4.96. The van der Waals surface area contributed by atoms with Crippen LogP contribution >= 0.6 is 22.9 Å². The van der Waals surface area contributed by atoms with Gasteiger partial charge in [-0.25, -0.2) is 4.98 Å². The topological polar surface area (TPSA) is 16.1 Å². The zero-order chi connectivity index (χ0) is 15.3. The number of aromatic nitrogens is 1. The van der Waals surface area contributed by atoms with Crippen LogP contribution in [0.2, 0.25) is 0 Å². The second-order valence-corrected chi connectivity index (χ2v) is 8.52. The van der Waals surface area contributed by atoms with Crippen molar-refractivity contribution in [3.8, 4) is 0 Å². The minimum Gasteiger partial charge on any atom is -0.303 e. The number of piperidine rings is 1. The quantitative estimate of drug-likeness (QED) is 0.542. The highest BCUT2D eigenvalue weighted by Crippen LogP contribution is 2.34. The maximum absolute atomic E-state index is 5.78. The number of alkyl halides is 1. The van der Waals surface area contributed by atoms with Crippen LogP contribution in [0.5, 0.6) is 0 Å². The molecule has 0 spiro atoms. The zero-order valence-corrected chi connectivity index (χ0v) is 15.3. The number of halogens is 1. The van der Waals surface area contributed by atoms with Crippen molar-refractivity contribution in [2.45, 2.75) is 58.8 Å². The molecule has 0 bridgehead atoms. The van der Waals surface area contributed by atoms with Crippen LogP contribution in [0.25, 0.3) is 0 Å². The Morgan fingerprint density at radius 2 is 2.00 bits per heavy atom. The average Bonchev–Trinajstić information content (AvgIpc) is 2.91. The lowest BCUT2D eigenvalue weighted by atomic mass is 9.75. The summed E-state index contributed by atoms with van der Waals surface area (Å²) in [6, 6.07) is 0. The Morgan fingerprint density at radius 1 is 1.29 bits per heavy atom. The van der Waals surface area contributed by atoms with Crippen LogP contribution in [-0.4, -0.2) is 29.5 Å². The van der Waals surface area contributed by atoms with Gasteiger partial charge in [0.05, 0.1) is 16.6 Å². The lowest BCUT2D eigenvalue weighted by molar-refractivity contribution is 0.111. The first-order valence-electron chi connectivity index (χ1n) is 8.20. The van der Waals surface area contributed by atoms with Crippen LogP contribution in [0.3, 0.4) is 0 Å². The van der Waals surface area contributed by atoms with Crippen molar-refractivity contribution in [1.82, 2.24) is 9.88 Å². The molecule has 1 saturated heterocycles. The number of thiazole rings is 1. The summed E-state index contributed by atoms with van der Waals surface area (Å²) in [4.78, 5) is 7.17. The van der Waals surface area contributed by atoms with Crippen LogP contribution in [0, 0.1) is 11.3 Å². The maximum atomic E-state index is 5.78. The third-order valence-corrected chi connectivity index (χ3v) is 5.89. The monoisotopic (exact) mass is 328 g/mol. The fourth-order valence-electron chi connectivity index (χ4n) is 3.16. The molecule has 21 heavy (non-hydrogen) atoms. The summed E-state index contributed by atoms with van der Waals surface area (Å²) in [6.07, 6.45) is 6.38. The Bertz CT molecular complexity index is 417. The van der Waals surface area contributed by atoms with Gasteiger partial charge in [0.1, 0.15) is 0 Å². The Labute approximate surface area is 138 Å². The Balaban J connectivity index is 1.60. The molecule has 0 radical (unpaired) electrons. The van der Waals surface area contributed by atoms with Crippen molar-refractivity contribution in [2.75, 3.05) is 19.6 Å². The Hall–Kier alpha value is -0.120. The average molecular weight is 329 g/mol. The Morgan fingerprint density at radius 3 is 2.57 bits per heavy atom. The van der Waals surface area contributed by atoms with Crippen LogP contribution in [0.15, 0.2) is 5.38 Å². The molecule has 4 heteroatoms. The molecule has 1 fully saturated rings. The number of rotatable bonds is 6. The lowest BCUT2D eigenvalue weighted by Gasteiger charge is -2.38. The maximum Gasteiger partial charge on any atom is 0.0928 e. The summed E-state index contributed by atoms with van der Waals surface area (Å²) in [7, 11) is 0. The fourth-order valence-corrected chi connectivity index (χ4v) is 4.23. The van der Waals surface area contributed by atoms with Gasteiger partial charge in [0, 0.05) is 5.38 Å². The standard InChI is InChI=1S/C17H29ClN2S/c1-17(2,3)14-7-10-20(11-8-14)9-5-4-6-16-19-15(12-18)13-21-16/h13-14H,4-12H2,1-3H3. The highest BCUT2D eigenvalue weighted by molar-refractivity contribution is 7.09. The molecular formula is C17H29ClN2S. The van der Waals surface area contributed by atoms with Gasteiger partial charge < -0.3 is 4.90 Å². The normalized spacial score (nSPS) is 18.3. The first-order chi connectivity index (χ1) is 9.99. The van der Waals surface area contributed by atoms with E-state index in [4.69, 9.17) is 11.6 Å². The largest absolute Gasteiger partial charge is 0.303 e. The van der Waals surface area contributed by atoms with E-state index in [2.05, 4.69) is 36.0 Å². The summed E-state index contributed by atoms with van der Waals surface area (Å²) in [6.45, 7) is 11.0. The summed E-state index contributed by atoms with van der Waals surface area (Å²) >= 11 is 7.54. The van der Waals surface area contributed by atoms with Gasteiger partial charge >= 0.3 is 0 Å². The molecule has 0 aliphatic carbocycles. The van der Waals surface area contributed by atoms with Crippen LogP contribution in [-0.2, 0) is 12.3 Å². The number of nitrogens with zero attached hydrogens (tertiary/aromatic N) is 2. The van der Waals surface area contributed by atoms with E-state index >= 15 is 0 Å². The van der Waals surface area contributed by atoms with Gasteiger partial charge in [-0.15, -0.1) is 22.9 Å². The van der Waals surface area contributed by atoms with Gasteiger partial charge in [0.2, 0.25) is 0 Å². The summed E-state index contributed by atoms with van der Waals surface area (Å²) in [5.41, 5.74) is 1.51. The highest BCUT2D eigenvalue weighted by atomic mass is 35.5. The third kappa shape index (κ3) is 5.54. The smallest absolute Gasteiger partial charge is 0.0928 e. The number of likely N-dealkylation sites (tertiary alicyclic amines) is 1. The minimum absolute atomic E-state index is 0.483. The molecule has 0 saturated carbocycles. The summed E-state index contributed by atoms with van der Waals surface area (Å²) < 4.78 is 0. The first-order valence-corrected chi connectivity index (χ1v) is 9.62. The van der Waals surface area contributed by atoms with Crippen molar-refractivity contribution in [3.63, 3.8) is 0 Å². The molecule has 1 aromatic heterocycles. The SMILES string of the molecule is CC(C)(C)C1CCN(CCCCc2nc(CCl)cs2)CC1. The molecule has 120 valence electrons. The van der Waals surface area contributed by atoms with E-state index in [1.165, 1.54) is 50.3 Å². The molecule has 0 amide bonds.